The highest BCUT2D eigenvalue weighted by molar-refractivity contribution is 5.76. The Balaban J connectivity index is 2.58. The van der Waals surface area contributed by atoms with Crippen molar-refractivity contribution >= 4 is 6.16 Å². The lowest BCUT2D eigenvalue weighted by Crippen LogP contribution is -2.13. The number of aryl methyl sites for hydroxylation is 1. The van der Waals surface area contributed by atoms with Gasteiger partial charge in [0, 0.05) is 11.3 Å². The lowest BCUT2D eigenvalue weighted by atomic mass is 9.99. The molecule has 2 rings (SSSR count). The van der Waals surface area contributed by atoms with E-state index in [-0.39, 0.29) is 18.3 Å². The third-order valence-electron chi connectivity index (χ3n) is 3.28. The van der Waals surface area contributed by atoms with Crippen molar-refractivity contribution in [3.63, 3.8) is 0 Å². The topological polar surface area (TPSA) is 48.4 Å². The van der Waals surface area contributed by atoms with Gasteiger partial charge >= 0.3 is 6.16 Å². The minimum atomic E-state index is -0.775. The van der Waals surface area contributed by atoms with Crippen LogP contribution in [0.25, 0.3) is 11.1 Å². The van der Waals surface area contributed by atoms with Crippen molar-refractivity contribution in [1.82, 2.24) is 4.98 Å². The molecule has 5 heteroatoms. The molecule has 0 bridgehead atoms. The highest BCUT2D eigenvalue weighted by atomic mass is 19.1. The van der Waals surface area contributed by atoms with Crippen LogP contribution in [0.4, 0.5) is 9.18 Å². The van der Waals surface area contributed by atoms with Gasteiger partial charge in [-0.2, -0.15) is 0 Å². The second-order valence-corrected chi connectivity index (χ2v) is 5.47. The Hall–Kier alpha value is -2.43. The molecule has 0 unspecified atom stereocenters. The number of ether oxygens (including phenoxy) is 2. The number of benzene rings is 1. The number of hydrogen-bond acceptors (Lipinski definition) is 4. The Morgan fingerprint density at radius 3 is 2.48 bits per heavy atom. The van der Waals surface area contributed by atoms with Crippen LogP contribution in [0.3, 0.4) is 0 Å². The highest BCUT2D eigenvalue weighted by Gasteiger charge is 2.20. The second-order valence-electron chi connectivity index (χ2n) is 5.47. The molecule has 1 aromatic heterocycles. The maximum Gasteiger partial charge on any atom is 0.513 e. The third kappa shape index (κ3) is 4.06. The molecule has 0 spiro atoms. The van der Waals surface area contributed by atoms with E-state index in [1.807, 2.05) is 26.8 Å². The molecule has 122 valence electrons. The van der Waals surface area contributed by atoms with Crippen LogP contribution in [0.1, 0.15) is 38.1 Å². The average Bonchev–Trinajstić information content (AvgIpc) is 2.49. The van der Waals surface area contributed by atoms with Gasteiger partial charge < -0.3 is 9.47 Å². The lowest BCUT2D eigenvalue weighted by Gasteiger charge is -2.17. The van der Waals surface area contributed by atoms with Crippen LogP contribution in [0.15, 0.2) is 30.3 Å². The van der Waals surface area contributed by atoms with Gasteiger partial charge in [0.15, 0.2) is 5.75 Å². The van der Waals surface area contributed by atoms with Gasteiger partial charge in [-0.1, -0.05) is 26.0 Å². The first kappa shape index (κ1) is 16.9. The first-order valence-corrected chi connectivity index (χ1v) is 7.54. The zero-order valence-corrected chi connectivity index (χ0v) is 13.7. The molecular formula is C18H20FNO3. The summed E-state index contributed by atoms with van der Waals surface area (Å²) in [6.45, 7) is 7.73. The smallest absolute Gasteiger partial charge is 0.434 e. The first-order valence-electron chi connectivity index (χ1n) is 7.54. The van der Waals surface area contributed by atoms with Gasteiger partial charge in [-0.3, -0.25) is 4.98 Å². The molecule has 1 heterocycles. The largest absolute Gasteiger partial charge is 0.513 e. The molecule has 0 saturated carbocycles. The number of carbonyl (C=O) groups is 1. The van der Waals surface area contributed by atoms with Crippen LogP contribution in [-0.4, -0.2) is 17.7 Å². The van der Waals surface area contributed by atoms with E-state index < -0.39 is 6.16 Å². The fourth-order valence-corrected chi connectivity index (χ4v) is 2.26. The monoisotopic (exact) mass is 317 g/mol. The van der Waals surface area contributed by atoms with Crippen molar-refractivity contribution in [3.05, 3.63) is 47.5 Å². The van der Waals surface area contributed by atoms with Gasteiger partial charge in [-0.15, -0.1) is 0 Å². The summed E-state index contributed by atoms with van der Waals surface area (Å²) in [5.41, 5.74) is 2.90. The van der Waals surface area contributed by atoms with E-state index in [0.29, 0.717) is 17.0 Å². The number of carbonyl (C=O) groups excluding carboxylic acids is 1. The second kappa shape index (κ2) is 7.22. The van der Waals surface area contributed by atoms with Crippen LogP contribution in [0.5, 0.6) is 5.75 Å². The predicted octanol–water partition coefficient (Wildman–Crippen LogP) is 4.85. The third-order valence-corrected chi connectivity index (χ3v) is 3.28. The van der Waals surface area contributed by atoms with Gasteiger partial charge in [0.2, 0.25) is 0 Å². The van der Waals surface area contributed by atoms with Crippen LogP contribution < -0.4 is 4.74 Å². The summed E-state index contributed by atoms with van der Waals surface area (Å²) >= 11 is 0. The van der Waals surface area contributed by atoms with E-state index in [2.05, 4.69) is 4.98 Å². The average molecular weight is 317 g/mol. The maximum atomic E-state index is 13.2. The molecule has 23 heavy (non-hydrogen) atoms. The van der Waals surface area contributed by atoms with E-state index in [1.165, 1.54) is 12.1 Å². The molecule has 4 nitrogen and oxygen atoms in total. The zero-order valence-electron chi connectivity index (χ0n) is 13.7. The molecule has 0 atom stereocenters. The molecule has 0 fully saturated rings. The number of halogens is 1. The Morgan fingerprint density at radius 1 is 1.26 bits per heavy atom. The van der Waals surface area contributed by atoms with Crippen molar-refractivity contribution in [2.75, 3.05) is 6.61 Å². The summed E-state index contributed by atoms with van der Waals surface area (Å²) in [4.78, 5) is 16.3. The van der Waals surface area contributed by atoms with Crippen molar-refractivity contribution in [2.45, 2.75) is 33.6 Å². The lowest BCUT2D eigenvalue weighted by molar-refractivity contribution is 0.104. The predicted molar refractivity (Wildman–Crippen MR) is 86.1 cm³/mol. The van der Waals surface area contributed by atoms with Gasteiger partial charge in [0.05, 0.1) is 12.3 Å². The summed E-state index contributed by atoms with van der Waals surface area (Å²) < 4.78 is 23.5. The summed E-state index contributed by atoms with van der Waals surface area (Å²) in [5, 5.41) is 0. The molecule has 0 aliphatic heterocycles. The number of hydrogen-bond donors (Lipinski definition) is 0. The summed E-state index contributed by atoms with van der Waals surface area (Å²) in [6.07, 6.45) is -0.775. The minimum Gasteiger partial charge on any atom is -0.434 e. The van der Waals surface area contributed by atoms with Gasteiger partial charge in [-0.25, -0.2) is 9.18 Å². The van der Waals surface area contributed by atoms with Crippen molar-refractivity contribution < 1.29 is 18.7 Å². The Morgan fingerprint density at radius 2 is 1.91 bits per heavy atom. The Labute approximate surface area is 135 Å². The standard InChI is InChI=1S/C18H20FNO3/c1-5-22-18(21)23-17-15(13-6-8-14(19)9-7-13)10-12(4)20-16(17)11(2)3/h6-11H,5H2,1-4H3. The van der Waals surface area contributed by atoms with Crippen LogP contribution in [0.2, 0.25) is 0 Å². The number of rotatable bonds is 4. The Kier molecular flexibility index (Phi) is 5.32. The van der Waals surface area contributed by atoms with E-state index in [1.54, 1.807) is 19.1 Å². The van der Waals surface area contributed by atoms with E-state index in [0.717, 1.165) is 11.3 Å². The van der Waals surface area contributed by atoms with Gasteiger partial charge in [0.1, 0.15) is 5.82 Å². The molecule has 0 aliphatic rings. The maximum absolute atomic E-state index is 13.2. The van der Waals surface area contributed by atoms with Crippen LogP contribution in [-0.2, 0) is 4.74 Å². The SMILES string of the molecule is CCOC(=O)Oc1c(-c2ccc(F)cc2)cc(C)nc1C(C)C. The number of pyridine rings is 1. The molecule has 0 saturated heterocycles. The first-order chi connectivity index (χ1) is 10.9. The molecule has 0 aliphatic carbocycles. The van der Waals surface area contributed by atoms with Gasteiger partial charge in [-0.05, 0) is 43.5 Å². The van der Waals surface area contributed by atoms with Crippen LogP contribution in [0, 0.1) is 12.7 Å². The van der Waals surface area contributed by atoms with Crippen molar-refractivity contribution in [3.8, 4) is 16.9 Å². The summed E-state index contributed by atoms with van der Waals surface area (Å²) in [6, 6.07) is 7.84. The molecule has 0 amide bonds. The van der Waals surface area contributed by atoms with E-state index in [4.69, 9.17) is 9.47 Å². The van der Waals surface area contributed by atoms with E-state index >= 15 is 0 Å². The Bertz CT molecular complexity index is 696. The fourth-order valence-electron chi connectivity index (χ4n) is 2.26. The summed E-state index contributed by atoms with van der Waals surface area (Å²) in [7, 11) is 0. The number of aromatic nitrogens is 1. The molecule has 1 aromatic carbocycles. The fraction of sp³-hybridized carbons (Fsp3) is 0.333. The zero-order chi connectivity index (χ0) is 17.0. The van der Waals surface area contributed by atoms with Gasteiger partial charge in [0.25, 0.3) is 0 Å². The summed E-state index contributed by atoms with van der Waals surface area (Å²) in [5.74, 6) is 0.0886. The number of nitrogens with zero attached hydrogens (tertiary/aromatic N) is 1. The highest BCUT2D eigenvalue weighted by Crippen LogP contribution is 2.36. The molecule has 0 radical (unpaired) electrons. The molecule has 0 N–H and O–H groups in total. The normalized spacial score (nSPS) is 10.7. The van der Waals surface area contributed by atoms with E-state index in [9.17, 15) is 9.18 Å². The molecular weight excluding hydrogens is 297 g/mol. The van der Waals surface area contributed by atoms with Crippen molar-refractivity contribution in [1.29, 1.82) is 0 Å². The quantitative estimate of drug-likeness (QED) is 0.756. The molecule has 2 aromatic rings. The van der Waals surface area contributed by atoms with Crippen molar-refractivity contribution in [2.24, 2.45) is 0 Å². The van der Waals surface area contributed by atoms with Crippen LogP contribution >= 0.6 is 0 Å². The minimum absolute atomic E-state index is 0.0542.